The summed E-state index contributed by atoms with van der Waals surface area (Å²) in [6, 6.07) is 4.88. The monoisotopic (exact) mass is 263 g/mol. The van der Waals surface area contributed by atoms with Gasteiger partial charge in [-0.25, -0.2) is 0 Å². The number of rotatable bonds is 3. The Bertz CT molecular complexity index is 514. The van der Waals surface area contributed by atoms with Crippen molar-refractivity contribution in [1.29, 1.82) is 0 Å². The number of hydrogen-bond donors (Lipinski definition) is 0. The Hall–Kier alpha value is -2.11. The Kier molecular flexibility index (Phi) is 3.69. The van der Waals surface area contributed by atoms with Crippen LogP contribution in [0.3, 0.4) is 0 Å². The van der Waals surface area contributed by atoms with Gasteiger partial charge in [0.2, 0.25) is 5.91 Å². The average molecular weight is 263 g/mol. The third-order valence-corrected chi connectivity index (χ3v) is 3.32. The van der Waals surface area contributed by atoms with Crippen LogP contribution in [0.15, 0.2) is 18.2 Å². The highest BCUT2D eigenvalue weighted by atomic mass is 16.6. The zero-order valence-corrected chi connectivity index (χ0v) is 11.1. The number of nitro groups is 1. The van der Waals surface area contributed by atoms with E-state index in [0.717, 1.165) is 30.6 Å². The van der Waals surface area contributed by atoms with Gasteiger partial charge in [-0.15, -0.1) is 0 Å². The third kappa shape index (κ3) is 2.83. The quantitative estimate of drug-likeness (QED) is 0.611. The van der Waals surface area contributed by atoms with Crippen molar-refractivity contribution in [2.24, 2.45) is 0 Å². The molecule has 0 unspecified atom stereocenters. The summed E-state index contributed by atoms with van der Waals surface area (Å²) >= 11 is 0. The number of hydrogen-bond acceptors (Lipinski definition) is 4. The van der Waals surface area contributed by atoms with Crippen LogP contribution in [0.25, 0.3) is 0 Å². The first-order valence-corrected chi connectivity index (χ1v) is 6.21. The molecule has 6 heteroatoms. The van der Waals surface area contributed by atoms with Crippen LogP contribution >= 0.6 is 0 Å². The van der Waals surface area contributed by atoms with Crippen molar-refractivity contribution in [2.45, 2.75) is 12.8 Å². The van der Waals surface area contributed by atoms with E-state index >= 15 is 0 Å². The maximum Gasteiger partial charge on any atom is 0.271 e. The summed E-state index contributed by atoms with van der Waals surface area (Å²) in [6.07, 6.45) is 1.87. The van der Waals surface area contributed by atoms with Crippen molar-refractivity contribution in [1.82, 2.24) is 4.90 Å². The smallest absolute Gasteiger partial charge is 0.271 e. The molecule has 0 N–H and O–H groups in total. The van der Waals surface area contributed by atoms with Gasteiger partial charge in [0, 0.05) is 38.5 Å². The van der Waals surface area contributed by atoms with Gasteiger partial charge in [0.05, 0.1) is 11.5 Å². The van der Waals surface area contributed by atoms with Gasteiger partial charge in [0.15, 0.2) is 0 Å². The Morgan fingerprint density at radius 2 is 2.21 bits per heavy atom. The van der Waals surface area contributed by atoms with E-state index in [4.69, 9.17) is 0 Å². The minimum Gasteiger partial charge on any atom is -0.362 e. The molecule has 19 heavy (non-hydrogen) atoms. The van der Waals surface area contributed by atoms with Crippen molar-refractivity contribution in [3.63, 3.8) is 0 Å². The van der Waals surface area contributed by atoms with Crippen LogP contribution in [-0.4, -0.2) is 42.9 Å². The fourth-order valence-corrected chi connectivity index (χ4v) is 2.22. The number of fused-ring (bicyclic) bond motifs is 1. The summed E-state index contributed by atoms with van der Waals surface area (Å²) in [6.45, 7) is 1.02. The van der Waals surface area contributed by atoms with Gasteiger partial charge in [0.25, 0.3) is 5.69 Å². The van der Waals surface area contributed by atoms with Crippen molar-refractivity contribution in [2.75, 3.05) is 32.1 Å². The average Bonchev–Trinajstić information content (AvgIpc) is 2.38. The van der Waals surface area contributed by atoms with Crippen molar-refractivity contribution in [3.8, 4) is 0 Å². The summed E-state index contributed by atoms with van der Waals surface area (Å²) in [7, 11) is 3.42. The lowest BCUT2D eigenvalue weighted by molar-refractivity contribution is -0.384. The van der Waals surface area contributed by atoms with E-state index in [1.54, 1.807) is 26.2 Å². The molecule has 102 valence electrons. The molecule has 2 rings (SSSR count). The number of benzene rings is 1. The maximum absolute atomic E-state index is 11.8. The Balaban J connectivity index is 2.29. The third-order valence-electron chi connectivity index (χ3n) is 3.32. The first-order valence-electron chi connectivity index (χ1n) is 6.21. The molecule has 1 amide bonds. The highest BCUT2D eigenvalue weighted by Gasteiger charge is 2.22. The van der Waals surface area contributed by atoms with Crippen LogP contribution in [-0.2, 0) is 11.2 Å². The number of non-ortho nitro benzene ring substituents is 1. The van der Waals surface area contributed by atoms with Gasteiger partial charge in [-0.1, -0.05) is 6.07 Å². The fourth-order valence-electron chi connectivity index (χ4n) is 2.22. The summed E-state index contributed by atoms with van der Waals surface area (Å²) in [5, 5.41) is 10.8. The molecule has 1 aliphatic rings. The van der Waals surface area contributed by atoms with E-state index in [1.165, 1.54) is 11.0 Å². The molecule has 1 aromatic carbocycles. The molecule has 0 bridgehead atoms. The van der Waals surface area contributed by atoms with Crippen molar-refractivity contribution in [3.05, 3.63) is 33.9 Å². The summed E-state index contributed by atoms with van der Waals surface area (Å²) in [4.78, 5) is 25.7. The molecule has 0 atom stereocenters. The first-order chi connectivity index (χ1) is 8.99. The molecule has 0 saturated carbocycles. The van der Waals surface area contributed by atoms with Crippen molar-refractivity contribution < 1.29 is 9.72 Å². The number of carbonyl (C=O) groups excluding carboxylic acids is 1. The number of carbonyl (C=O) groups is 1. The van der Waals surface area contributed by atoms with Gasteiger partial charge in [-0.05, 0) is 18.4 Å². The lowest BCUT2D eigenvalue weighted by Gasteiger charge is -2.31. The molecule has 0 saturated heterocycles. The molecule has 0 radical (unpaired) electrons. The molecule has 1 heterocycles. The Morgan fingerprint density at radius 1 is 1.47 bits per heavy atom. The number of likely N-dealkylation sites (N-methyl/N-ethyl adjacent to an activating group) is 1. The van der Waals surface area contributed by atoms with Gasteiger partial charge < -0.3 is 9.80 Å². The van der Waals surface area contributed by atoms with Crippen LogP contribution in [0.2, 0.25) is 0 Å². The van der Waals surface area contributed by atoms with Gasteiger partial charge >= 0.3 is 0 Å². The number of aryl methyl sites for hydroxylation is 1. The van der Waals surface area contributed by atoms with E-state index in [2.05, 4.69) is 0 Å². The number of anilines is 1. The zero-order valence-electron chi connectivity index (χ0n) is 11.1. The molecule has 0 aromatic heterocycles. The van der Waals surface area contributed by atoms with Crippen LogP contribution in [0.1, 0.15) is 12.0 Å². The Morgan fingerprint density at radius 3 is 2.84 bits per heavy atom. The predicted molar refractivity (Wildman–Crippen MR) is 72.3 cm³/mol. The van der Waals surface area contributed by atoms with E-state index in [1.807, 2.05) is 4.90 Å². The van der Waals surface area contributed by atoms with E-state index in [-0.39, 0.29) is 18.1 Å². The molecule has 0 aliphatic carbocycles. The second-order valence-corrected chi connectivity index (χ2v) is 4.88. The number of nitrogens with zero attached hydrogens (tertiary/aromatic N) is 3. The molecule has 1 aliphatic heterocycles. The lowest BCUT2D eigenvalue weighted by atomic mass is 10.0. The minimum absolute atomic E-state index is 0.000596. The van der Waals surface area contributed by atoms with Gasteiger partial charge in [-0.2, -0.15) is 0 Å². The van der Waals surface area contributed by atoms with Crippen LogP contribution in [0.4, 0.5) is 11.4 Å². The van der Waals surface area contributed by atoms with Gasteiger partial charge in [-0.3, -0.25) is 14.9 Å². The molecular weight excluding hydrogens is 246 g/mol. The molecular formula is C13H17N3O3. The first kappa shape index (κ1) is 13.3. The maximum atomic E-state index is 11.8. The van der Waals surface area contributed by atoms with E-state index in [0.29, 0.717) is 0 Å². The molecule has 0 spiro atoms. The molecule has 1 aromatic rings. The molecule has 0 fully saturated rings. The van der Waals surface area contributed by atoms with Gasteiger partial charge in [0.1, 0.15) is 0 Å². The second-order valence-electron chi connectivity index (χ2n) is 4.88. The van der Waals surface area contributed by atoms with E-state index < -0.39 is 4.92 Å². The minimum atomic E-state index is -0.402. The summed E-state index contributed by atoms with van der Waals surface area (Å²) in [5.41, 5.74) is 1.96. The van der Waals surface area contributed by atoms with E-state index in [9.17, 15) is 14.9 Å². The molecule has 6 nitrogen and oxygen atoms in total. The highest BCUT2D eigenvalue weighted by molar-refractivity contribution is 5.81. The van der Waals surface area contributed by atoms with Crippen LogP contribution in [0, 0.1) is 10.1 Å². The summed E-state index contributed by atoms with van der Waals surface area (Å²) in [5.74, 6) is -0.000596. The SMILES string of the molecule is CN(C)C(=O)CN1CCCc2ccc([N+](=O)[O-])cc21. The number of amides is 1. The fraction of sp³-hybridized carbons (Fsp3) is 0.462. The number of nitro benzene ring substituents is 1. The highest BCUT2D eigenvalue weighted by Crippen LogP contribution is 2.30. The largest absolute Gasteiger partial charge is 0.362 e. The standard InChI is InChI=1S/C13H17N3O3/c1-14(2)13(17)9-15-7-3-4-10-5-6-11(16(18)19)8-12(10)15/h5-6,8H,3-4,7,9H2,1-2H3. The van der Waals surface area contributed by atoms with Crippen LogP contribution in [0.5, 0.6) is 0 Å². The van der Waals surface area contributed by atoms with Crippen molar-refractivity contribution >= 4 is 17.3 Å². The summed E-state index contributed by atoms with van der Waals surface area (Å²) < 4.78 is 0. The lowest BCUT2D eigenvalue weighted by Crippen LogP contribution is -2.39. The predicted octanol–water partition coefficient (Wildman–Crippen LogP) is 1.44. The van der Waals surface area contributed by atoms with Crippen LogP contribution < -0.4 is 4.90 Å². The second kappa shape index (κ2) is 5.26. The normalized spacial score (nSPS) is 13.9. The topological polar surface area (TPSA) is 66.7 Å². The Labute approximate surface area is 111 Å². The zero-order chi connectivity index (χ0) is 14.0.